The average molecular weight is 296 g/mol. The van der Waals surface area contributed by atoms with Crippen molar-refractivity contribution in [2.24, 2.45) is 5.92 Å². The lowest BCUT2D eigenvalue weighted by Gasteiger charge is -2.22. The van der Waals surface area contributed by atoms with E-state index in [-0.39, 0.29) is 18.2 Å². The molecule has 0 unspecified atom stereocenters. The molecular weight excluding hydrogens is 272 g/mol. The molecule has 0 amide bonds. The van der Waals surface area contributed by atoms with Gasteiger partial charge in [0, 0.05) is 19.3 Å². The molecule has 1 atom stereocenters. The summed E-state index contributed by atoms with van der Waals surface area (Å²) in [5, 5.41) is 0. The zero-order valence-electron chi connectivity index (χ0n) is 13.4. The number of methoxy groups -OCH3 is 1. The van der Waals surface area contributed by atoms with Gasteiger partial charge in [-0.1, -0.05) is 0 Å². The molecule has 0 radical (unpaired) electrons. The van der Waals surface area contributed by atoms with Gasteiger partial charge in [-0.25, -0.2) is 0 Å². The summed E-state index contributed by atoms with van der Waals surface area (Å²) in [5.74, 6) is 3.73. The molecule has 21 heavy (non-hydrogen) atoms. The van der Waals surface area contributed by atoms with Gasteiger partial charge in [0.1, 0.15) is 17.3 Å². The molecule has 0 heterocycles. The first kappa shape index (κ1) is 19.2. The fourth-order valence-electron chi connectivity index (χ4n) is 1.45. The number of hydrogen-bond acceptors (Lipinski definition) is 5. The van der Waals surface area contributed by atoms with Crippen molar-refractivity contribution in [3.05, 3.63) is 0 Å². The molecule has 0 rings (SSSR count). The van der Waals surface area contributed by atoms with Gasteiger partial charge >= 0.3 is 11.9 Å². The maximum Gasteiger partial charge on any atom is 0.317 e. The van der Waals surface area contributed by atoms with Gasteiger partial charge in [0.15, 0.2) is 0 Å². The Balaban J connectivity index is 4.32. The monoisotopic (exact) mass is 296 g/mol. The molecule has 0 saturated heterocycles. The highest BCUT2D eigenvalue weighted by Gasteiger charge is 2.27. The van der Waals surface area contributed by atoms with Crippen LogP contribution in [-0.4, -0.2) is 30.4 Å². The first-order valence-corrected chi connectivity index (χ1v) is 6.93. The Morgan fingerprint density at radius 3 is 2.24 bits per heavy atom. The lowest BCUT2D eigenvalue weighted by molar-refractivity contribution is -0.161. The van der Waals surface area contributed by atoms with Gasteiger partial charge in [-0.15, -0.1) is 11.8 Å². The van der Waals surface area contributed by atoms with Crippen LogP contribution in [0.1, 0.15) is 53.4 Å². The molecule has 0 aromatic rings. The number of esters is 2. The van der Waals surface area contributed by atoms with E-state index in [0.29, 0.717) is 19.3 Å². The van der Waals surface area contributed by atoms with Gasteiger partial charge in [-0.2, -0.15) is 0 Å². The van der Waals surface area contributed by atoms with Crippen LogP contribution in [0.3, 0.4) is 0 Å². The van der Waals surface area contributed by atoms with Gasteiger partial charge < -0.3 is 9.47 Å². The van der Waals surface area contributed by atoms with Crippen LogP contribution in [0.4, 0.5) is 0 Å². The summed E-state index contributed by atoms with van der Waals surface area (Å²) in [6.07, 6.45) is 1.57. The number of unbranched alkanes of at least 4 members (excludes halogenated alkanes) is 1. The van der Waals surface area contributed by atoms with Crippen LogP contribution >= 0.6 is 0 Å². The molecule has 0 spiro atoms. The van der Waals surface area contributed by atoms with E-state index in [1.165, 1.54) is 14.0 Å². The lowest BCUT2D eigenvalue weighted by atomic mass is 10.0. The molecule has 118 valence electrons. The summed E-state index contributed by atoms with van der Waals surface area (Å²) in [4.78, 5) is 34.3. The Morgan fingerprint density at radius 1 is 1.14 bits per heavy atom. The van der Waals surface area contributed by atoms with Crippen molar-refractivity contribution in [1.29, 1.82) is 0 Å². The summed E-state index contributed by atoms with van der Waals surface area (Å²) in [6.45, 7) is 6.61. The molecule has 0 N–H and O–H groups in total. The van der Waals surface area contributed by atoms with Crippen molar-refractivity contribution in [2.45, 2.75) is 59.0 Å². The standard InChI is InChI=1S/C16H24O5/c1-12(17)13(15(19)21-16(2,3)4)10-8-6-7-9-11-14(18)20-5/h13H,7,9-11H2,1-5H3/t13-/m1/s1. The minimum absolute atomic E-state index is 0.141. The number of rotatable bonds is 6. The molecule has 0 saturated carbocycles. The van der Waals surface area contributed by atoms with E-state index in [0.717, 1.165) is 0 Å². The van der Waals surface area contributed by atoms with Crippen molar-refractivity contribution >= 4 is 17.7 Å². The fraction of sp³-hybridized carbons (Fsp3) is 0.688. The first-order chi connectivity index (χ1) is 9.67. The van der Waals surface area contributed by atoms with E-state index < -0.39 is 17.5 Å². The van der Waals surface area contributed by atoms with E-state index in [4.69, 9.17) is 4.74 Å². The van der Waals surface area contributed by atoms with E-state index >= 15 is 0 Å². The van der Waals surface area contributed by atoms with Crippen molar-refractivity contribution < 1.29 is 23.9 Å². The van der Waals surface area contributed by atoms with Crippen molar-refractivity contribution in [3.63, 3.8) is 0 Å². The first-order valence-electron chi connectivity index (χ1n) is 6.93. The highest BCUT2D eigenvalue weighted by atomic mass is 16.6. The molecule has 0 aromatic heterocycles. The molecule has 0 aromatic carbocycles. The van der Waals surface area contributed by atoms with E-state index in [1.54, 1.807) is 20.8 Å². The third-order valence-corrected chi connectivity index (χ3v) is 2.52. The van der Waals surface area contributed by atoms with Crippen LogP contribution in [0, 0.1) is 17.8 Å². The maximum atomic E-state index is 11.9. The van der Waals surface area contributed by atoms with Crippen LogP contribution in [0.5, 0.6) is 0 Å². The predicted octanol–water partition coefficient (Wildman–Crippen LogP) is 2.27. The van der Waals surface area contributed by atoms with Crippen molar-refractivity contribution in [1.82, 2.24) is 0 Å². The predicted molar refractivity (Wildman–Crippen MR) is 78.3 cm³/mol. The molecule has 0 aliphatic heterocycles. The third kappa shape index (κ3) is 9.67. The third-order valence-electron chi connectivity index (χ3n) is 2.52. The second-order valence-electron chi connectivity index (χ2n) is 5.68. The summed E-state index contributed by atoms with van der Waals surface area (Å²) in [6, 6.07) is 0. The number of hydrogen-bond donors (Lipinski definition) is 0. The van der Waals surface area contributed by atoms with Crippen molar-refractivity contribution in [2.75, 3.05) is 7.11 Å². The number of Topliss-reactive ketones (excluding diaryl/α,β-unsaturated/α-hetero) is 1. The fourth-order valence-corrected chi connectivity index (χ4v) is 1.45. The van der Waals surface area contributed by atoms with Gasteiger partial charge in [-0.3, -0.25) is 14.4 Å². The van der Waals surface area contributed by atoms with Crippen LogP contribution in [0.25, 0.3) is 0 Å². The molecule has 0 aliphatic rings. The summed E-state index contributed by atoms with van der Waals surface area (Å²) < 4.78 is 9.71. The van der Waals surface area contributed by atoms with Gasteiger partial charge in [-0.05, 0) is 34.1 Å². The smallest absolute Gasteiger partial charge is 0.317 e. The molecule has 5 nitrogen and oxygen atoms in total. The molecule has 0 bridgehead atoms. The van der Waals surface area contributed by atoms with Gasteiger partial charge in [0.2, 0.25) is 0 Å². The highest BCUT2D eigenvalue weighted by molar-refractivity contribution is 5.98. The van der Waals surface area contributed by atoms with E-state index in [1.807, 2.05) is 0 Å². The highest BCUT2D eigenvalue weighted by Crippen LogP contribution is 2.14. The number of ketones is 1. The molecule has 5 heteroatoms. The van der Waals surface area contributed by atoms with Crippen LogP contribution in [0.2, 0.25) is 0 Å². The molecule has 0 fully saturated rings. The number of carbonyl (C=O) groups excluding carboxylic acids is 3. The van der Waals surface area contributed by atoms with Crippen LogP contribution in [-0.2, 0) is 23.9 Å². The van der Waals surface area contributed by atoms with E-state index in [9.17, 15) is 14.4 Å². The largest absolute Gasteiger partial charge is 0.469 e. The SMILES string of the molecule is COC(=O)CCCC#CC[C@H](C(C)=O)C(=O)OC(C)(C)C. The summed E-state index contributed by atoms with van der Waals surface area (Å²) in [5.41, 5.74) is -0.626. The second kappa shape index (κ2) is 9.17. The molecular formula is C16H24O5. The molecule has 0 aliphatic carbocycles. The van der Waals surface area contributed by atoms with Gasteiger partial charge in [0.25, 0.3) is 0 Å². The topological polar surface area (TPSA) is 69.7 Å². The zero-order chi connectivity index (χ0) is 16.5. The summed E-state index contributed by atoms with van der Waals surface area (Å²) >= 11 is 0. The van der Waals surface area contributed by atoms with E-state index in [2.05, 4.69) is 16.6 Å². The summed E-state index contributed by atoms with van der Waals surface area (Å²) in [7, 11) is 1.34. The normalized spacial score (nSPS) is 11.9. The Hall–Kier alpha value is -1.83. The maximum absolute atomic E-state index is 11.9. The Morgan fingerprint density at radius 2 is 1.76 bits per heavy atom. The number of carbonyl (C=O) groups is 3. The Kier molecular flexibility index (Phi) is 8.37. The number of ether oxygens (including phenoxy) is 2. The van der Waals surface area contributed by atoms with Crippen molar-refractivity contribution in [3.8, 4) is 11.8 Å². The zero-order valence-corrected chi connectivity index (χ0v) is 13.4. The Bertz CT molecular complexity index is 434. The van der Waals surface area contributed by atoms with Crippen LogP contribution in [0.15, 0.2) is 0 Å². The quantitative estimate of drug-likeness (QED) is 0.325. The van der Waals surface area contributed by atoms with Gasteiger partial charge in [0.05, 0.1) is 7.11 Å². The Labute approximate surface area is 126 Å². The average Bonchev–Trinajstić information content (AvgIpc) is 2.34. The lowest BCUT2D eigenvalue weighted by Crippen LogP contribution is -2.31. The van der Waals surface area contributed by atoms with Crippen LogP contribution < -0.4 is 0 Å². The minimum atomic E-state index is -0.850. The second-order valence-corrected chi connectivity index (χ2v) is 5.68. The minimum Gasteiger partial charge on any atom is -0.469 e.